The van der Waals surface area contributed by atoms with E-state index in [1.807, 2.05) is 0 Å². The molecule has 0 aromatic heterocycles. The Labute approximate surface area is 124 Å². The van der Waals surface area contributed by atoms with Crippen LogP contribution in [-0.2, 0) is 0 Å². The lowest BCUT2D eigenvalue weighted by molar-refractivity contribution is 0.0380. The number of aliphatic hydroxyl groups is 3. The summed E-state index contributed by atoms with van der Waals surface area (Å²) >= 11 is 0. The first-order valence-corrected chi connectivity index (χ1v) is 8.11. The number of aliphatic hydroxyl groups excluding tert-OH is 3. The minimum atomic E-state index is -0.778. The van der Waals surface area contributed by atoms with Crippen LogP contribution >= 0.6 is 0 Å². The second-order valence-corrected chi connectivity index (χ2v) is 5.65. The summed E-state index contributed by atoms with van der Waals surface area (Å²) in [6.07, 6.45) is 16.8. The Morgan fingerprint density at radius 2 is 1.25 bits per heavy atom. The third kappa shape index (κ3) is 13.9. The summed E-state index contributed by atoms with van der Waals surface area (Å²) in [6, 6.07) is 0. The normalized spacial score (nSPS) is 13.9. The number of hydrogen-bond donors (Lipinski definition) is 3. The molecule has 0 aliphatic rings. The Bertz CT molecular complexity index is 235. The molecule has 0 aliphatic carbocycles. The van der Waals surface area contributed by atoms with Crippen molar-refractivity contribution in [1.29, 1.82) is 0 Å². The lowest BCUT2D eigenvalue weighted by atomic mass is 10.0. The van der Waals surface area contributed by atoms with Crippen molar-refractivity contribution in [3.8, 4) is 12.3 Å². The average molecular weight is 284 g/mol. The summed E-state index contributed by atoms with van der Waals surface area (Å²) in [5.41, 5.74) is 0. The Kier molecular flexibility index (Phi) is 14.4. The van der Waals surface area contributed by atoms with Gasteiger partial charge in [0.1, 0.15) is 0 Å². The second-order valence-electron chi connectivity index (χ2n) is 5.65. The van der Waals surface area contributed by atoms with E-state index in [4.69, 9.17) is 11.5 Å². The van der Waals surface area contributed by atoms with Gasteiger partial charge in [-0.3, -0.25) is 0 Å². The van der Waals surface area contributed by atoms with Gasteiger partial charge in [-0.25, -0.2) is 0 Å². The maximum atomic E-state index is 9.61. The van der Waals surface area contributed by atoms with E-state index in [0.717, 1.165) is 32.1 Å². The van der Waals surface area contributed by atoms with E-state index in [2.05, 4.69) is 5.92 Å². The summed E-state index contributed by atoms with van der Waals surface area (Å²) in [5.74, 6) is 2.67. The van der Waals surface area contributed by atoms with Crippen molar-refractivity contribution in [2.75, 3.05) is 6.61 Å². The topological polar surface area (TPSA) is 60.7 Å². The van der Waals surface area contributed by atoms with Crippen molar-refractivity contribution in [3.05, 3.63) is 0 Å². The molecule has 0 fully saturated rings. The Morgan fingerprint density at radius 1 is 0.750 bits per heavy atom. The van der Waals surface area contributed by atoms with Crippen LogP contribution in [0.2, 0.25) is 0 Å². The zero-order chi connectivity index (χ0) is 15.1. The molecule has 0 spiro atoms. The van der Waals surface area contributed by atoms with Crippen molar-refractivity contribution in [3.63, 3.8) is 0 Å². The van der Waals surface area contributed by atoms with Crippen LogP contribution in [0.25, 0.3) is 0 Å². The predicted octanol–water partition coefficient (Wildman–Crippen LogP) is 3.01. The van der Waals surface area contributed by atoms with Gasteiger partial charge in [-0.2, -0.15) is 0 Å². The molecule has 0 aliphatic heterocycles. The summed E-state index contributed by atoms with van der Waals surface area (Å²) in [4.78, 5) is 0. The van der Waals surface area contributed by atoms with E-state index < -0.39 is 12.2 Å². The SMILES string of the molecule is C#CCCCCCCCCCCC[C@@H](O)C[C@H](O)CO. The molecule has 3 N–H and O–H groups in total. The van der Waals surface area contributed by atoms with Crippen LogP contribution in [0.4, 0.5) is 0 Å². The molecule has 0 amide bonds. The van der Waals surface area contributed by atoms with Gasteiger partial charge < -0.3 is 15.3 Å². The lowest BCUT2D eigenvalue weighted by Gasteiger charge is -2.13. The fourth-order valence-corrected chi connectivity index (χ4v) is 2.35. The number of rotatable bonds is 14. The first-order chi connectivity index (χ1) is 9.70. The highest BCUT2D eigenvalue weighted by molar-refractivity contribution is 4.82. The number of terminal acetylenes is 1. The van der Waals surface area contributed by atoms with E-state index >= 15 is 0 Å². The van der Waals surface area contributed by atoms with E-state index in [9.17, 15) is 10.2 Å². The number of unbranched alkanes of at least 4 members (excludes halogenated alkanes) is 9. The number of hydrogen-bond acceptors (Lipinski definition) is 3. The first-order valence-electron chi connectivity index (χ1n) is 8.11. The molecule has 3 nitrogen and oxygen atoms in total. The molecule has 0 radical (unpaired) electrons. The van der Waals surface area contributed by atoms with Crippen LogP contribution in [0, 0.1) is 12.3 Å². The smallest absolute Gasteiger partial charge is 0.0795 e. The first kappa shape index (κ1) is 19.4. The van der Waals surface area contributed by atoms with Crippen molar-refractivity contribution in [2.24, 2.45) is 0 Å². The Hall–Kier alpha value is -0.560. The van der Waals surface area contributed by atoms with Crippen molar-refractivity contribution in [2.45, 2.75) is 89.3 Å². The quantitative estimate of drug-likeness (QED) is 0.339. The van der Waals surface area contributed by atoms with Gasteiger partial charge in [0.15, 0.2) is 0 Å². The molecule has 2 atom stereocenters. The minimum absolute atomic E-state index is 0.265. The minimum Gasteiger partial charge on any atom is -0.394 e. The van der Waals surface area contributed by atoms with Gasteiger partial charge in [-0.1, -0.05) is 51.4 Å². The molecule has 0 aromatic rings. The average Bonchev–Trinajstić information content (AvgIpc) is 2.44. The van der Waals surface area contributed by atoms with E-state index in [0.29, 0.717) is 0 Å². The van der Waals surface area contributed by atoms with Gasteiger partial charge in [-0.15, -0.1) is 12.3 Å². The fourth-order valence-electron chi connectivity index (χ4n) is 2.35. The molecular formula is C17H32O3. The largest absolute Gasteiger partial charge is 0.394 e. The van der Waals surface area contributed by atoms with E-state index in [1.165, 1.54) is 38.5 Å². The molecule has 0 rings (SSSR count). The summed E-state index contributed by atoms with van der Waals surface area (Å²) < 4.78 is 0. The third-order valence-electron chi connectivity index (χ3n) is 3.61. The molecule has 0 aromatic carbocycles. The summed E-state index contributed by atoms with van der Waals surface area (Å²) in [6.45, 7) is -0.265. The van der Waals surface area contributed by atoms with Crippen LogP contribution in [0.15, 0.2) is 0 Å². The maximum absolute atomic E-state index is 9.61. The molecule has 0 saturated carbocycles. The van der Waals surface area contributed by atoms with Crippen molar-refractivity contribution >= 4 is 0 Å². The van der Waals surface area contributed by atoms with Gasteiger partial charge >= 0.3 is 0 Å². The summed E-state index contributed by atoms with van der Waals surface area (Å²) in [7, 11) is 0. The van der Waals surface area contributed by atoms with Gasteiger partial charge in [0, 0.05) is 12.8 Å². The molecule has 118 valence electrons. The monoisotopic (exact) mass is 284 g/mol. The highest BCUT2D eigenvalue weighted by Gasteiger charge is 2.10. The van der Waals surface area contributed by atoms with E-state index in [1.54, 1.807) is 0 Å². The highest BCUT2D eigenvalue weighted by atomic mass is 16.3. The standard InChI is InChI=1S/C17H32O3/c1-2-3-4-5-6-7-8-9-10-11-12-13-16(19)14-17(20)15-18/h1,16-20H,3-15H2/t16-,17+/m1/s1. The van der Waals surface area contributed by atoms with Crippen LogP contribution in [0.1, 0.15) is 77.0 Å². The molecule has 3 heteroatoms. The van der Waals surface area contributed by atoms with Crippen LogP contribution in [-0.4, -0.2) is 34.1 Å². The van der Waals surface area contributed by atoms with Gasteiger partial charge in [0.25, 0.3) is 0 Å². The molecule has 0 bridgehead atoms. The molecule has 0 heterocycles. The van der Waals surface area contributed by atoms with Gasteiger partial charge in [-0.05, 0) is 12.8 Å². The van der Waals surface area contributed by atoms with Crippen molar-refractivity contribution in [1.82, 2.24) is 0 Å². The Morgan fingerprint density at radius 3 is 1.75 bits per heavy atom. The fraction of sp³-hybridized carbons (Fsp3) is 0.882. The zero-order valence-corrected chi connectivity index (χ0v) is 12.8. The van der Waals surface area contributed by atoms with Gasteiger partial charge in [0.05, 0.1) is 18.8 Å². The Balaban J connectivity index is 3.15. The molecule has 20 heavy (non-hydrogen) atoms. The zero-order valence-electron chi connectivity index (χ0n) is 12.8. The van der Waals surface area contributed by atoms with Crippen LogP contribution in [0.3, 0.4) is 0 Å². The maximum Gasteiger partial charge on any atom is 0.0795 e. The highest BCUT2D eigenvalue weighted by Crippen LogP contribution is 2.13. The summed E-state index contributed by atoms with van der Waals surface area (Å²) in [5, 5.41) is 27.5. The third-order valence-corrected chi connectivity index (χ3v) is 3.61. The van der Waals surface area contributed by atoms with Crippen LogP contribution < -0.4 is 0 Å². The van der Waals surface area contributed by atoms with E-state index in [-0.39, 0.29) is 13.0 Å². The molecule has 0 saturated heterocycles. The van der Waals surface area contributed by atoms with Gasteiger partial charge in [0.2, 0.25) is 0 Å². The predicted molar refractivity (Wildman–Crippen MR) is 83.3 cm³/mol. The van der Waals surface area contributed by atoms with Crippen LogP contribution in [0.5, 0.6) is 0 Å². The molecule has 0 unspecified atom stereocenters. The molecular weight excluding hydrogens is 252 g/mol. The second kappa shape index (κ2) is 14.8. The van der Waals surface area contributed by atoms with Crippen molar-refractivity contribution < 1.29 is 15.3 Å². The lowest BCUT2D eigenvalue weighted by Crippen LogP contribution is -2.20.